The Morgan fingerprint density at radius 2 is 1.82 bits per heavy atom. The van der Waals surface area contributed by atoms with Crippen molar-refractivity contribution in [3.63, 3.8) is 0 Å². The van der Waals surface area contributed by atoms with Crippen molar-refractivity contribution in [3.05, 3.63) is 65.8 Å². The lowest BCUT2D eigenvalue weighted by atomic mass is 9.88. The number of ether oxygens (including phenoxy) is 5. The Hall–Kier alpha value is -3.84. The van der Waals surface area contributed by atoms with E-state index in [2.05, 4.69) is 29.7 Å². The Morgan fingerprint density at radius 3 is 2.53 bits per heavy atom. The summed E-state index contributed by atoms with van der Waals surface area (Å²) in [6.07, 6.45) is 11.8. The van der Waals surface area contributed by atoms with Crippen LogP contribution in [0, 0.1) is 5.92 Å². The topological polar surface area (TPSA) is 168 Å². The van der Waals surface area contributed by atoms with E-state index in [0.29, 0.717) is 25.1 Å². The van der Waals surface area contributed by atoms with Crippen molar-refractivity contribution in [1.82, 2.24) is 5.32 Å². The summed E-state index contributed by atoms with van der Waals surface area (Å²) in [4.78, 5) is 49.1. The third-order valence-electron chi connectivity index (χ3n) is 9.63. The Kier molecular flexibility index (Phi) is 14.6. The zero-order valence-corrected chi connectivity index (χ0v) is 30.7. The predicted octanol–water partition coefficient (Wildman–Crippen LogP) is 4.46. The van der Waals surface area contributed by atoms with E-state index in [1.165, 1.54) is 13.2 Å². The third-order valence-corrected chi connectivity index (χ3v) is 9.63. The van der Waals surface area contributed by atoms with Crippen LogP contribution in [0.2, 0.25) is 0 Å². The van der Waals surface area contributed by atoms with Gasteiger partial charge in [0, 0.05) is 31.0 Å². The standard InChI is InChI=1S/C39H55N3O9/c1-24(11-15-30-21-39(23-48-39)22-31(51-30)20-37(45)47-6)12-16-34-25(2)19-33(28(5)50-34)41-35(43)17-13-26(3)49-36(44)18-14-29-9-7-8-10-32(29)42-38(46)27(4)40/h7-13,15,17,25-28,30-31,33-34H,14,16,18-23,40H2,1-6H3,(H,41,43)(H,42,46)/t25-,26-,27-,28+,30+,31+,33+,34-,39-/m0/s1. The Balaban J connectivity index is 1.18. The number of hydrogen-bond acceptors (Lipinski definition) is 10. The lowest BCUT2D eigenvalue weighted by Crippen LogP contribution is -2.50. The van der Waals surface area contributed by atoms with Gasteiger partial charge in [-0.25, -0.2) is 0 Å². The van der Waals surface area contributed by atoms with Crippen LogP contribution in [0.3, 0.4) is 0 Å². The van der Waals surface area contributed by atoms with Gasteiger partial charge in [0.2, 0.25) is 11.8 Å². The van der Waals surface area contributed by atoms with Crippen LogP contribution >= 0.6 is 0 Å². The predicted molar refractivity (Wildman–Crippen MR) is 193 cm³/mol. The molecule has 12 nitrogen and oxygen atoms in total. The number of hydrogen-bond donors (Lipinski definition) is 3. The molecule has 1 aromatic carbocycles. The molecule has 51 heavy (non-hydrogen) atoms. The molecule has 0 aliphatic carbocycles. The van der Waals surface area contributed by atoms with E-state index in [-0.39, 0.29) is 72.6 Å². The molecule has 0 unspecified atom stereocenters. The minimum Gasteiger partial charge on any atom is -0.469 e. The third kappa shape index (κ3) is 12.7. The fourth-order valence-corrected chi connectivity index (χ4v) is 6.49. The van der Waals surface area contributed by atoms with Crippen molar-refractivity contribution in [2.45, 2.75) is 128 Å². The first-order chi connectivity index (χ1) is 24.3. The highest BCUT2D eigenvalue weighted by atomic mass is 16.6. The molecule has 3 heterocycles. The van der Waals surface area contributed by atoms with Crippen molar-refractivity contribution in [1.29, 1.82) is 0 Å². The fourth-order valence-electron chi connectivity index (χ4n) is 6.49. The lowest BCUT2D eigenvalue weighted by Gasteiger charge is -2.39. The second-order valence-corrected chi connectivity index (χ2v) is 14.2. The van der Waals surface area contributed by atoms with Gasteiger partial charge in [-0.15, -0.1) is 0 Å². The van der Waals surface area contributed by atoms with Crippen LogP contribution in [0.1, 0.15) is 78.7 Å². The van der Waals surface area contributed by atoms with Crippen LogP contribution in [0.4, 0.5) is 5.69 Å². The normalized spacial score (nSPS) is 29.0. The summed E-state index contributed by atoms with van der Waals surface area (Å²) in [7, 11) is 1.39. The maximum atomic E-state index is 12.8. The number of benzene rings is 1. The molecule has 9 atom stereocenters. The van der Waals surface area contributed by atoms with E-state index in [1.54, 1.807) is 32.1 Å². The number of esters is 2. The molecule has 3 fully saturated rings. The van der Waals surface area contributed by atoms with Gasteiger partial charge in [0.05, 0.1) is 62.2 Å². The zero-order valence-electron chi connectivity index (χ0n) is 30.7. The average Bonchev–Trinajstić information content (AvgIpc) is 3.83. The second-order valence-electron chi connectivity index (χ2n) is 14.2. The van der Waals surface area contributed by atoms with Crippen LogP contribution < -0.4 is 16.4 Å². The van der Waals surface area contributed by atoms with Crippen molar-refractivity contribution in [3.8, 4) is 0 Å². The molecule has 280 valence electrons. The largest absolute Gasteiger partial charge is 0.469 e. The van der Waals surface area contributed by atoms with E-state index in [0.717, 1.165) is 30.4 Å². The van der Waals surface area contributed by atoms with Crippen LogP contribution in [0.15, 0.2) is 60.2 Å². The molecule has 2 amide bonds. The summed E-state index contributed by atoms with van der Waals surface area (Å²) in [5.41, 5.74) is 7.97. The summed E-state index contributed by atoms with van der Waals surface area (Å²) in [5.74, 6) is -1.06. The van der Waals surface area contributed by atoms with Gasteiger partial charge < -0.3 is 40.1 Å². The van der Waals surface area contributed by atoms with Gasteiger partial charge in [-0.3, -0.25) is 19.2 Å². The first kappa shape index (κ1) is 39.9. The number of carbonyl (C=O) groups excluding carboxylic acids is 4. The molecular formula is C39H55N3O9. The van der Waals surface area contributed by atoms with Gasteiger partial charge in [0.15, 0.2) is 0 Å². The van der Waals surface area contributed by atoms with Gasteiger partial charge in [0.1, 0.15) is 6.10 Å². The number of aryl methyl sites for hydroxylation is 1. The smallest absolute Gasteiger partial charge is 0.308 e. The minimum absolute atomic E-state index is 0.0115. The molecule has 0 saturated carbocycles. The van der Waals surface area contributed by atoms with E-state index >= 15 is 0 Å². The highest BCUT2D eigenvalue weighted by Gasteiger charge is 2.51. The first-order valence-corrected chi connectivity index (χ1v) is 17.9. The number of amides is 2. The summed E-state index contributed by atoms with van der Waals surface area (Å²) in [6, 6.07) is 6.43. The van der Waals surface area contributed by atoms with E-state index in [4.69, 9.17) is 29.4 Å². The summed E-state index contributed by atoms with van der Waals surface area (Å²) in [5, 5.41) is 5.82. The maximum Gasteiger partial charge on any atom is 0.308 e. The number of nitrogens with two attached hydrogens (primary N) is 1. The quantitative estimate of drug-likeness (QED) is 0.102. The monoisotopic (exact) mass is 709 g/mol. The molecule has 1 aromatic rings. The Labute approximate surface area is 301 Å². The molecule has 3 aliphatic rings. The van der Waals surface area contributed by atoms with Gasteiger partial charge in [-0.1, -0.05) is 48.9 Å². The number of rotatable bonds is 15. The Morgan fingerprint density at radius 1 is 1.08 bits per heavy atom. The second kappa shape index (κ2) is 18.6. The summed E-state index contributed by atoms with van der Waals surface area (Å²) < 4.78 is 28.5. The highest BCUT2D eigenvalue weighted by molar-refractivity contribution is 5.95. The molecule has 0 aromatic heterocycles. The number of carbonyl (C=O) groups is 4. The molecule has 0 bridgehead atoms. The fraction of sp³-hybridized carbons (Fsp3) is 0.590. The van der Waals surface area contributed by atoms with Crippen molar-refractivity contribution in [2.24, 2.45) is 11.7 Å². The molecule has 4 N–H and O–H groups in total. The molecule has 4 rings (SSSR count). The molecule has 12 heteroatoms. The highest BCUT2D eigenvalue weighted by Crippen LogP contribution is 2.43. The minimum atomic E-state index is -0.654. The van der Waals surface area contributed by atoms with Crippen molar-refractivity contribution in [2.75, 3.05) is 19.0 Å². The van der Waals surface area contributed by atoms with Crippen LogP contribution in [0.5, 0.6) is 0 Å². The molecule has 3 aliphatic heterocycles. The molecule has 3 saturated heterocycles. The number of allylic oxidation sites excluding steroid dienone is 2. The molecule has 1 spiro atoms. The first-order valence-electron chi connectivity index (χ1n) is 17.9. The van der Waals surface area contributed by atoms with Crippen LogP contribution in [-0.4, -0.2) is 85.7 Å². The van der Waals surface area contributed by atoms with Gasteiger partial charge in [-0.05, 0) is 70.6 Å². The van der Waals surface area contributed by atoms with Gasteiger partial charge in [-0.2, -0.15) is 0 Å². The van der Waals surface area contributed by atoms with E-state index in [1.807, 2.05) is 32.1 Å². The molecule has 0 radical (unpaired) electrons. The number of methoxy groups -OCH3 is 1. The van der Waals surface area contributed by atoms with Crippen molar-refractivity contribution >= 4 is 29.4 Å². The number of nitrogens with one attached hydrogen (secondary N) is 2. The number of anilines is 1. The maximum absolute atomic E-state index is 12.8. The van der Waals surface area contributed by atoms with E-state index < -0.39 is 18.1 Å². The number of epoxide rings is 1. The SMILES string of the molecule is COC(=O)C[C@@H]1C[C@]2(CO2)C[C@@H](C=CC(C)=CC[C@@H]2O[C@H](C)[C@H](NC(=O)C=C[C@H](C)OC(=O)CCc3ccccc3NC(=O)[C@H](C)N)C[C@@H]2C)O1. The van der Waals surface area contributed by atoms with Crippen molar-refractivity contribution < 1.29 is 42.9 Å². The van der Waals surface area contributed by atoms with Gasteiger partial charge >= 0.3 is 11.9 Å². The number of para-hydroxylation sites is 1. The summed E-state index contributed by atoms with van der Waals surface area (Å²) >= 11 is 0. The average molecular weight is 710 g/mol. The Bertz CT molecular complexity index is 1470. The molecular weight excluding hydrogens is 654 g/mol. The lowest BCUT2D eigenvalue weighted by molar-refractivity contribution is -0.147. The van der Waals surface area contributed by atoms with Gasteiger partial charge in [0.25, 0.3) is 0 Å². The van der Waals surface area contributed by atoms with Crippen LogP contribution in [-0.2, 0) is 49.3 Å². The van der Waals surface area contributed by atoms with E-state index in [9.17, 15) is 19.2 Å². The van der Waals surface area contributed by atoms with Crippen LogP contribution in [0.25, 0.3) is 0 Å². The summed E-state index contributed by atoms with van der Waals surface area (Å²) in [6.45, 7) is 10.1. The zero-order chi connectivity index (χ0) is 37.1.